The van der Waals surface area contributed by atoms with Crippen molar-refractivity contribution in [2.45, 2.75) is 13.0 Å². The van der Waals surface area contributed by atoms with E-state index < -0.39 is 0 Å². The first-order valence-corrected chi connectivity index (χ1v) is 6.24. The van der Waals surface area contributed by atoms with Crippen molar-refractivity contribution in [3.63, 3.8) is 0 Å². The number of rotatable bonds is 8. The van der Waals surface area contributed by atoms with Crippen molar-refractivity contribution in [2.75, 3.05) is 33.8 Å². The topological polar surface area (TPSA) is 41.6 Å². The Morgan fingerprint density at radius 1 is 1.33 bits per heavy atom. The van der Waals surface area contributed by atoms with E-state index >= 15 is 0 Å². The zero-order chi connectivity index (χ0) is 13.2. The Bertz CT molecular complexity index is 341. The Hall–Kier alpha value is -1.39. The van der Waals surface area contributed by atoms with Gasteiger partial charge in [0.05, 0.1) is 19.6 Å². The van der Waals surface area contributed by atoms with Gasteiger partial charge in [0.15, 0.2) is 0 Å². The van der Waals surface area contributed by atoms with E-state index in [1.54, 1.807) is 4.90 Å². The van der Waals surface area contributed by atoms with Crippen LogP contribution in [0, 0.1) is 0 Å². The number of amides is 1. The Kier molecular flexibility index (Phi) is 7.06. The fourth-order valence-corrected chi connectivity index (χ4v) is 1.52. The minimum atomic E-state index is 0.123. The summed E-state index contributed by atoms with van der Waals surface area (Å²) in [6, 6.07) is 9.97. The van der Waals surface area contributed by atoms with Crippen molar-refractivity contribution in [1.82, 2.24) is 10.2 Å². The smallest absolute Gasteiger partial charge is 0.224 e. The molecule has 18 heavy (non-hydrogen) atoms. The maximum absolute atomic E-state index is 11.7. The normalized spacial score (nSPS) is 10.3. The average molecular weight is 250 g/mol. The first kappa shape index (κ1) is 14.7. The van der Waals surface area contributed by atoms with E-state index in [2.05, 4.69) is 5.32 Å². The molecule has 4 heteroatoms. The molecule has 0 spiro atoms. The van der Waals surface area contributed by atoms with Crippen LogP contribution in [0.2, 0.25) is 0 Å². The first-order chi connectivity index (χ1) is 8.74. The molecule has 1 N–H and O–H groups in total. The second-order valence-electron chi connectivity index (χ2n) is 4.21. The van der Waals surface area contributed by atoms with Gasteiger partial charge < -0.3 is 15.0 Å². The van der Waals surface area contributed by atoms with Crippen molar-refractivity contribution >= 4 is 5.91 Å². The van der Waals surface area contributed by atoms with Crippen LogP contribution in [0.25, 0.3) is 0 Å². The number of carbonyl (C=O) groups is 1. The molecule has 1 amide bonds. The minimum absolute atomic E-state index is 0.123. The molecule has 4 nitrogen and oxygen atoms in total. The first-order valence-electron chi connectivity index (χ1n) is 6.24. The summed E-state index contributed by atoms with van der Waals surface area (Å²) in [7, 11) is 3.69. The number of likely N-dealkylation sites (N-methyl/N-ethyl adjacent to an activating group) is 2. The summed E-state index contributed by atoms with van der Waals surface area (Å²) >= 11 is 0. The summed E-state index contributed by atoms with van der Waals surface area (Å²) in [6.07, 6.45) is 0.438. The van der Waals surface area contributed by atoms with E-state index in [0.717, 1.165) is 18.7 Å². The van der Waals surface area contributed by atoms with Crippen LogP contribution < -0.4 is 5.32 Å². The third-order valence-electron chi connectivity index (χ3n) is 2.69. The van der Waals surface area contributed by atoms with Crippen molar-refractivity contribution in [2.24, 2.45) is 0 Å². The molecule has 0 radical (unpaired) electrons. The number of hydrogen-bond donors (Lipinski definition) is 1. The van der Waals surface area contributed by atoms with E-state index in [1.165, 1.54) is 0 Å². The Morgan fingerprint density at radius 2 is 2.06 bits per heavy atom. The fourth-order valence-electron chi connectivity index (χ4n) is 1.52. The molecule has 0 fully saturated rings. The van der Waals surface area contributed by atoms with Crippen LogP contribution in [-0.2, 0) is 16.1 Å². The molecule has 0 aliphatic carbocycles. The maximum Gasteiger partial charge on any atom is 0.224 e. The molecular formula is C14H22N2O2. The molecule has 0 unspecified atom stereocenters. The Balaban J connectivity index is 2.12. The van der Waals surface area contributed by atoms with Crippen molar-refractivity contribution in [1.29, 1.82) is 0 Å². The highest BCUT2D eigenvalue weighted by Gasteiger charge is 2.07. The number of nitrogens with zero attached hydrogens (tertiary/aromatic N) is 1. The van der Waals surface area contributed by atoms with Crippen LogP contribution in [0.1, 0.15) is 12.0 Å². The van der Waals surface area contributed by atoms with E-state index in [9.17, 15) is 4.79 Å². The molecule has 0 aromatic heterocycles. The third-order valence-corrected chi connectivity index (χ3v) is 2.69. The highest BCUT2D eigenvalue weighted by atomic mass is 16.5. The fraction of sp³-hybridized carbons (Fsp3) is 0.500. The van der Waals surface area contributed by atoms with Gasteiger partial charge in [-0.3, -0.25) is 4.79 Å². The standard InChI is InChI=1S/C14H22N2O2/c1-15-9-10-16(2)14(17)8-11-18-12-13-6-4-3-5-7-13/h3-7,15H,8-12H2,1-2H3. The van der Waals surface area contributed by atoms with Crippen LogP contribution in [0.15, 0.2) is 30.3 Å². The molecule has 100 valence electrons. The average Bonchev–Trinajstić information content (AvgIpc) is 2.41. The maximum atomic E-state index is 11.7. The third kappa shape index (κ3) is 5.80. The van der Waals surface area contributed by atoms with Crippen LogP contribution in [0.4, 0.5) is 0 Å². The zero-order valence-corrected chi connectivity index (χ0v) is 11.2. The highest BCUT2D eigenvalue weighted by molar-refractivity contribution is 5.75. The highest BCUT2D eigenvalue weighted by Crippen LogP contribution is 2.01. The summed E-state index contributed by atoms with van der Waals surface area (Å²) in [4.78, 5) is 13.4. The molecule has 1 aromatic rings. The van der Waals surface area contributed by atoms with Gasteiger partial charge in [-0.05, 0) is 12.6 Å². The summed E-state index contributed by atoms with van der Waals surface area (Å²) in [6.45, 7) is 2.58. The quantitative estimate of drug-likeness (QED) is 0.707. The molecule has 0 aliphatic rings. The predicted molar refractivity (Wildman–Crippen MR) is 72.3 cm³/mol. The number of nitrogens with one attached hydrogen (secondary N) is 1. The Morgan fingerprint density at radius 3 is 2.72 bits per heavy atom. The van der Waals surface area contributed by atoms with Gasteiger partial charge in [-0.15, -0.1) is 0 Å². The van der Waals surface area contributed by atoms with E-state index in [1.807, 2.05) is 44.4 Å². The second-order valence-corrected chi connectivity index (χ2v) is 4.21. The molecule has 0 aliphatic heterocycles. The predicted octanol–water partition coefficient (Wildman–Crippen LogP) is 1.27. The number of ether oxygens (including phenoxy) is 1. The van der Waals surface area contributed by atoms with Crippen molar-refractivity contribution < 1.29 is 9.53 Å². The molecule has 0 saturated heterocycles. The second kappa shape index (κ2) is 8.66. The lowest BCUT2D eigenvalue weighted by Crippen LogP contribution is -2.33. The molecule has 0 heterocycles. The largest absolute Gasteiger partial charge is 0.376 e. The monoisotopic (exact) mass is 250 g/mol. The minimum Gasteiger partial charge on any atom is -0.376 e. The SMILES string of the molecule is CNCCN(C)C(=O)CCOCc1ccccc1. The van der Waals surface area contributed by atoms with Gasteiger partial charge in [0, 0.05) is 20.1 Å². The van der Waals surface area contributed by atoms with E-state index in [-0.39, 0.29) is 5.91 Å². The summed E-state index contributed by atoms with van der Waals surface area (Å²) < 4.78 is 5.48. The molecule has 0 bridgehead atoms. The lowest BCUT2D eigenvalue weighted by Gasteiger charge is -2.16. The van der Waals surface area contributed by atoms with E-state index in [4.69, 9.17) is 4.74 Å². The number of hydrogen-bond acceptors (Lipinski definition) is 3. The van der Waals surface area contributed by atoms with Crippen molar-refractivity contribution in [3.05, 3.63) is 35.9 Å². The lowest BCUT2D eigenvalue weighted by atomic mass is 10.2. The molecule has 0 saturated carbocycles. The van der Waals surface area contributed by atoms with Gasteiger partial charge in [-0.1, -0.05) is 30.3 Å². The van der Waals surface area contributed by atoms with Gasteiger partial charge in [-0.2, -0.15) is 0 Å². The van der Waals surface area contributed by atoms with Gasteiger partial charge in [0.2, 0.25) is 5.91 Å². The summed E-state index contributed by atoms with van der Waals surface area (Å²) in [5.74, 6) is 0.123. The number of benzene rings is 1. The molecule has 1 aromatic carbocycles. The molecule has 1 rings (SSSR count). The van der Waals surface area contributed by atoms with E-state index in [0.29, 0.717) is 19.6 Å². The summed E-state index contributed by atoms with van der Waals surface area (Å²) in [5.41, 5.74) is 1.13. The van der Waals surface area contributed by atoms with Crippen molar-refractivity contribution in [3.8, 4) is 0 Å². The molecule has 0 atom stereocenters. The van der Waals surface area contributed by atoms with Crippen LogP contribution in [-0.4, -0.2) is 44.6 Å². The molecular weight excluding hydrogens is 228 g/mol. The lowest BCUT2D eigenvalue weighted by molar-refractivity contribution is -0.131. The zero-order valence-electron chi connectivity index (χ0n) is 11.2. The van der Waals surface area contributed by atoms with Crippen LogP contribution in [0.5, 0.6) is 0 Å². The van der Waals surface area contributed by atoms with Gasteiger partial charge in [0.1, 0.15) is 0 Å². The number of carbonyl (C=O) groups excluding carboxylic acids is 1. The van der Waals surface area contributed by atoms with Gasteiger partial charge in [-0.25, -0.2) is 0 Å². The van der Waals surface area contributed by atoms with Gasteiger partial charge in [0.25, 0.3) is 0 Å². The van der Waals surface area contributed by atoms with Gasteiger partial charge >= 0.3 is 0 Å². The summed E-state index contributed by atoms with van der Waals surface area (Å²) in [5, 5.41) is 3.02. The van der Waals surface area contributed by atoms with Crippen LogP contribution >= 0.6 is 0 Å². The van der Waals surface area contributed by atoms with Crippen LogP contribution in [0.3, 0.4) is 0 Å². The Labute approximate surface area is 109 Å².